The van der Waals surface area contributed by atoms with Gasteiger partial charge in [-0.05, 0) is 43.0 Å². The first-order chi connectivity index (χ1) is 9.66. The molecule has 1 aromatic carbocycles. The fourth-order valence-electron chi connectivity index (χ4n) is 2.88. The van der Waals surface area contributed by atoms with Crippen molar-refractivity contribution >= 4 is 29.1 Å². The molecule has 2 unspecified atom stereocenters. The van der Waals surface area contributed by atoms with E-state index < -0.39 is 0 Å². The van der Waals surface area contributed by atoms with Gasteiger partial charge in [-0.2, -0.15) is 0 Å². The fraction of sp³-hybridized carbons (Fsp3) is 0.533. The van der Waals surface area contributed by atoms with Gasteiger partial charge in [0.1, 0.15) is 0 Å². The molecule has 1 heterocycles. The van der Waals surface area contributed by atoms with Crippen LogP contribution in [-0.4, -0.2) is 37.0 Å². The van der Waals surface area contributed by atoms with Crippen molar-refractivity contribution in [1.29, 1.82) is 0 Å². The highest BCUT2D eigenvalue weighted by Gasteiger charge is 2.45. The summed E-state index contributed by atoms with van der Waals surface area (Å²) >= 11 is 12.0. The van der Waals surface area contributed by atoms with Crippen LogP contribution in [0.15, 0.2) is 18.2 Å². The monoisotopic (exact) mass is 312 g/mol. The quantitative estimate of drug-likeness (QED) is 0.910. The smallest absolute Gasteiger partial charge is 0.226 e. The number of hydrogen-bond acceptors (Lipinski definition) is 2. The lowest BCUT2D eigenvalue weighted by Gasteiger charge is -2.20. The lowest BCUT2D eigenvalue weighted by atomic mass is 10.1. The van der Waals surface area contributed by atoms with E-state index in [4.69, 9.17) is 23.2 Å². The first kappa shape index (κ1) is 14.2. The summed E-state index contributed by atoms with van der Waals surface area (Å²) in [6.07, 6.45) is 1.97. The molecule has 0 aromatic heterocycles. The normalized spacial score (nSPS) is 26.2. The number of halogens is 2. The first-order valence-corrected chi connectivity index (χ1v) is 7.87. The van der Waals surface area contributed by atoms with Crippen molar-refractivity contribution in [1.82, 2.24) is 10.2 Å². The Morgan fingerprint density at radius 3 is 2.85 bits per heavy atom. The van der Waals surface area contributed by atoms with E-state index in [2.05, 4.69) is 5.32 Å². The molecule has 1 aliphatic carbocycles. The van der Waals surface area contributed by atoms with Crippen LogP contribution < -0.4 is 5.32 Å². The molecule has 1 amide bonds. The van der Waals surface area contributed by atoms with Gasteiger partial charge in [0, 0.05) is 25.6 Å². The van der Waals surface area contributed by atoms with Crippen LogP contribution in [0.2, 0.25) is 10.0 Å². The van der Waals surface area contributed by atoms with E-state index in [1.165, 1.54) is 0 Å². The average molecular weight is 313 g/mol. The van der Waals surface area contributed by atoms with Crippen molar-refractivity contribution < 1.29 is 4.79 Å². The van der Waals surface area contributed by atoms with E-state index in [1.807, 2.05) is 23.1 Å². The largest absolute Gasteiger partial charge is 0.341 e. The van der Waals surface area contributed by atoms with Gasteiger partial charge in [-0.1, -0.05) is 29.3 Å². The molecule has 108 valence electrons. The number of nitrogens with zero attached hydrogens (tertiary/aromatic N) is 1. The predicted molar refractivity (Wildman–Crippen MR) is 81.4 cm³/mol. The van der Waals surface area contributed by atoms with Gasteiger partial charge in [0.05, 0.1) is 10.0 Å². The molecule has 5 heteroatoms. The van der Waals surface area contributed by atoms with Crippen molar-refractivity contribution in [3.63, 3.8) is 0 Å². The molecule has 2 fully saturated rings. The maximum absolute atomic E-state index is 12.5. The van der Waals surface area contributed by atoms with E-state index >= 15 is 0 Å². The molecule has 0 spiro atoms. The van der Waals surface area contributed by atoms with Gasteiger partial charge in [0.25, 0.3) is 0 Å². The zero-order chi connectivity index (χ0) is 14.1. The number of amides is 1. The maximum atomic E-state index is 12.5. The van der Waals surface area contributed by atoms with Gasteiger partial charge in [0.2, 0.25) is 5.91 Å². The lowest BCUT2D eigenvalue weighted by Crippen LogP contribution is -2.35. The molecular weight excluding hydrogens is 295 g/mol. The summed E-state index contributed by atoms with van der Waals surface area (Å²) in [5, 5.41) is 4.46. The van der Waals surface area contributed by atoms with Crippen LogP contribution in [-0.2, 0) is 4.79 Å². The van der Waals surface area contributed by atoms with Crippen molar-refractivity contribution in [2.75, 3.05) is 26.2 Å². The number of carbonyl (C=O) groups excluding carboxylic acids is 1. The molecule has 1 saturated carbocycles. The van der Waals surface area contributed by atoms with E-state index in [1.54, 1.807) is 0 Å². The van der Waals surface area contributed by atoms with Crippen molar-refractivity contribution in [3.8, 4) is 0 Å². The SMILES string of the molecule is O=C(C1CC1c1ccc(Cl)c(Cl)c1)N1CCCNCC1. The minimum Gasteiger partial charge on any atom is -0.341 e. The summed E-state index contributed by atoms with van der Waals surface area (Å²) in [7, 11) is 0. The number of carbonyl (C=O) groups is 1. The molecule has 1 saturated heterocycles. The molecule has 3 rings (SSSR count). The van der Waals surface area contributed by atoms with E-state index in [0.717, 1.165) is 44.6 Å². The second-order valence-corrected chi connectivity index (χ2v) is 6.37. The van der Waals surface area contributed by atoms with Gasteiger partial charge >= 0.3 is 0 Å². The Hall–Kier alpha value is -0.770. The predicted octanol–water partition coefficient (Wildman–Crippen LogP) is 2.92. The second kappa shape index (κ2) is 5.92. The van der Waals surface area contributed by atoms with E-state index in [0.29, 0.717) is 21.9 Å². The average Bonchev–Trinajstić information content (AvgIpc) is 3.24. The molecule has 2 aliphatic rings. The second-order valence-electron chi connectivity index (χ2n) is 5.55. The zero-order valence-electron chi connectivity index (χ0n) is 11.2. The Morgan fingerprint density at radius 2 is 2.05 bits per heavy atom. The third kappa shape index (κ3) is 2.95. The summed E-state index contributed by atoms with van der Waals surface area (Å²) in [6.45, 7) is 3.60. The molecule has 1 aliphatic heterocycles. The number of rotatable bonds is 2. The Labute approximate surface area is 129 Å². The fourth-order valence-corrected chi connectivity index (χ4v) is 3.19. The standard InChI is InChI=1S/C15H18Cl2N2O/c16-13-3-2-10(8-14(13)17)11-9-12(11)15(20)19-6-1-4-18-5-7-19/h2-3,8,11-12,18H,1,4-7,9H2. The Balaban J connectivity index is 1.65. The van der Waals surface area contributed by atoms with Gasteiger partial charge in [-0.3, -0.25) is 4.79 Å². The van der Waals surface area contributed by atoms with E-state index in [9.17, 15) is 4.79 Å². The summed E-state index contributed by atoms with van der Waals surface area (Å²) in [5.41, 5.74) is 1.13. The summed E-state index contributed by atoms with van der Waals surface area (Å²) < 4.78 is 0. The number of benzene rings is 1. The molecule has 1 N–H and O–H groups in total. The highest BCUT2D eigenvalue weighted by atomic mass is 35.5. The van der Waals surface area contributed by atoms with E-state index in [-0.39, 0.29) is 5.92 Å². The first-order valence-electron chi connectivity index (χ1n) is 7.11. The van der Waals surface area contributed by atoms with Crippen LogP contribution in [0.3, 0.4) is 0 Å². The van der Waals surface area contributed by atoms with Gasteiger partial charge in [-0.25, -0.2) is 0 Å². The van der Waals surface area contributed by atoms with Gasteiger partial charge < -0.3 is 10.2 Å². The Bertz CT molecular complexity index is 513. The minimum atomic E-state index is 0.130. The lowest BCUT2D eigenvalue weighted by molar-refractivity contribution is -0.132. The highest BCUT2D eigenvalue weighted by molar-refractivity contribution is 6.42. The molecule has 1 aromatic rings. The molecule has 0 bridgehead atoms. The van der Waals surface area contributed by atoms with Crippen LogP contribution in [0.4, 0.5) is 0 Å². The summed E-state index contributed by atoms with van der Waals surface area (Å²) in [5.74, 6) is 0.739. The van der Waals surface area contributed by atoms with Crippen molar-refractivity contribution in [2.24, 2.45) is 5.92 Å². The van der Waals surface area contributed by atoms with Crippen LogP contribution in [0.25, 0.3) is 0 Å². The van der Waals surface area contributed by atoms with Crippen molar-refractivity contribution in [2.45, 2.75) is 18.8 Å². The van der Waals surface area contributed by atoms with Gasteiger partial charge in [0.15, 0.2) is 0 Å². The maximum Gasteiger partial charge on any atom is 0.226 e. The molecule has 2 atom stereocenters. The van der Waals surface area contributed by atoms with Gasteiger partial charge in [-0.15, -0.1) is 0 Å². The molecule has 3 nitrogen and oxygen atoms in total. The minimum absolute atomic E-state index is 0.130. The topological polar surface area (TPSA) is 32.3 Å². The summed E-state index contributed by atoms with van der Waals surface area (Å²) in [4.78, 5) is 14.5. The van der Waals surface area contributed by atoms with Crippen LogP contribution in [0, 0.1) is 5.92 Å². The molecular formula is C15H18Cl2N2O. The Morgan fingerprint density at radius 1 is 1.20 bits per heavy atom. The van der Waals surface area contributed by atoms with Crippen LogP contribution in [0.5, 0.6) is 0 Å². The number of hydrogen-bond donors (Lipinski definition) is 1. The third-order valence-electron chi connectivity index (χ3n) is 4.13. The van der Waals surface area contributed by atoms with Crippen LogP contribution in [0.1, 0.15) is 24.3 Å². The Kier molecular flexibility index (Phi) is 4.20. The van der Waals surface area contributed by atoms with Crippen molar-refractivity contribution in [3.05, 3.63) is 33.8 Å². The number of nitrogens with one attached hydrogen (secondary N) is 1. The van der Waals surface area contributed by atoms with Crippen LogP contribution >= 0.6 is 23.2 Å². The zero-order valence-corrected chi connectivity index (χ0v) is 12.8. The third-order valence-corrected chi connectivity index (χ3v) is 4.87. The summed E-state index contributed by atoms with van der Waals surface area (Å²) in [6, 6.07) is 5.69. The highest BCUT2D eigenvalue weighted by Crippen LogP contribution is 2.49. The molecule has 0 radical (unpaired) electrons. The molecule has 20 heavy (non-hydrogen) atoms.